The first-order valence-corrected chi connectivity index (χ1v) is 5.56. The van der Waals surface area contributed by atoms with Crippen LogP contribution >= 0.6 is 0 Å². The molecule has 0 aromatic rings. The first-order valence-electron chi connectivity index (χ1n) is 5.56. The van der Waals surface area contributed by atoms with Crippen LogP contribution in [0.5, 0.6) is 0 Å². The normalized spacial score (nSPS) is 24.1. The summed E-state index contributed by atoms with van der Waals surface area (Å²) in [5.41, 5.74) is 0. The minimum absolute atomic E-state index is 0. The molecule has 14 heavy (non-hydrogen) atoms. The molecule has 0 aliphatic carbocycles. The third kappa shape index (κ3) is 3.07. The third-order valence-corrected chi connectivity index (χ3v) is 2.99. The van der Waals surface area contributed by atoms with Crippen LogP contribution < -0.4 is 10.6 Å². The maximum absolute atomic E-state index is 11.8. The van der Waals surface area contributed by atoms with E-state index in [4.69, 9.17) is 0 Å². The van der Waals surface area contributed by atoms with Crippen molar-refractivity contribution in [3.63, 3.8) is 0 Å². The quantitative estimate of drug-likeness (QED) is 0.706. The molecule has 0 aromatic heterocycles. The molecule has 86 valence electrons. The summed E-state index contributed by atoms with van der Waals surface area (Å²) < 4.78 is 0. The van der Waals surface area contributed by atoms with Gasteiger partial charge in [-0.2, -0.15) is 0 Å². The summed E-state index contributed by atoms with van der Waals surface area (Å²) >= 11 is 0. The van der Waals surface area contributed by atoms with E-state index in [0.717, 1.165) is 19.5 Å². The Hall–Kier alpha value is -0.410. The van der Waals surface area contributed by atoms with E-state index in [1.807, 2.05) is 20.9 Å². The molecule has 2 unspecified atom stereocenters. The van der Waals surface area contributed by atoms with Crippen LogP contribution in [0, 0.1) is 11.8 Å². The number of rotatable bonds is 5. The molecule has 0 aromatic carbocycles. The first kappa shape index (κ1) is 11.7. The molecule has 1 rings (SSSR count). The molecule has 0 amide bonds. The van der Waals surface area contributed by atoms with E-state index in [2.05, 4.69) is 10.6 Å². The summed E-state index contributed by atoms with van der Waals surface area (Å²) in [5, 5.41) is 6.46. The van der Waals surface area contributed by atoms with Gasteiger partial charge in [0.15, 0.2) is 5.78 Å². The molecule has 2 N–H and O–H groups in total. The van der Waals surface area contributed by atoms with Crippen molar-refractivity contribution < 1.29 is 7.65 Å². The van der Waals surface area contributed by atoms with Crippen molar-refractivity contribution >= 4 is 5.78 Å². The van der Waals surface area contributed by atoms with E-state index >= 15 is 0 Å². The first-order chi connectivity index (χ1) is 6.65. The van der Waals surface area contributed by atoms with E-state index < -0.39 is 0 Å². The molecule has 3 nitrogen and oxygen atoms in total. The van der Waals surface area contributed by atoms with Crippen LogP contribution in [0.15, 0.2) is 0 Å². The number of hydrogen-bond donors (Lipinski definition) is 2. The van der Waals surface area contributed by atoms with E-state index in [1.165, 1.54) is 6.42 Å². The van der Waals surface area contributed by atoms with Crippen molar-refractivity contribution in [2.45, 2.75) is 32.7 Å². The Bertz CT molecular complexity index is 194. The Morgan fingerprint density at radius 3 is 2.79 bits per heavy atom. The highest BCUT2D eigenvalue weighted by Crippen LogP contribution is 2.16. The van der Waals surface area contributed by atoms with Gasteiger partial charge in [0.25, 0.3) is 0 Å². The van der Waals surface area contributed by atoms with Crippen LogP contribution in [0.2, 0.25) is 0 Å². The van der Waals surface area contributed by atoms with Gasteiger partial charge in [0, 0.05) is 8.77 Å². The van der Waals surface area contributed by atoms with Crippen LogP contribution in [0.4, 0.5) is 0 Å². The summed E-state index contributed by atoms with van der Waals surface area (Å²) in [5.74, 6) is 1.16. The van der Waals surface area contributed by atoms with Gasteiger partial charge in [-0.05, 0) is 38.9 Å². The summed E-state index contributed by atoms with van der Waals surface area (Å²) in [6.45, 7) is 6.12. The average Bonchev–Trinajstić information content (AvgIpc) is 2.65. The molecule has 1 aliphatic rings. The molecule has 1 heterocycles. The van der Waals surface area contributed by atoms with Crippen molar-refractivity contribution in [1.29, 1.82) is 0 Å². The number of hydrogen-bond acceptors (Lipinski definition) is 3. The minimum Gasteiger partial charge on any atom is -0.316 e. The van der Waals surface area contributed by atoms with E-state index in [9.17, 15) is 4.79 Å². The smallest absolute Gasteiger partial charge is 0.152 e. The fraction of sp³-hybridized carbons (Fsp3) is 0.909. The maximum atomic E-state index is 11.8. The van der Waals surface area contributed by atoms with Crippen molar-refractivity contribution in [2.24, 2.45) is 11.8 Å². The van der Waals surface area contributed by atoms with Crippen LogP contribution in [-0.2, 0) is 4.79 Å². The lowest BCUT2D eigenvalue weighted by molar-refractivity contribution is -0.124. The van der Waals surface area contributed by atoms with Gasteiger partial charge in [0.2, 0.25) is 0 Å². The summed E-state index contributed by atoms with van der Waals surface area (Å²) in [4.78, 5) is 11.8. The highest BCUT2D eigenvalue weighted by Gasteiger charge is 2.24. The van der Waals surface area contributed by atoms with Gasteiger partial charge in [-0.3, -0.25) is 4.79 Å². The number of likely N-dealkylation sites (N-methyl/N-ethyl adjacent to an activating group) is 1. The molecule has 0 radical (unpaired) electrons. The lowest BCUT2D eigenvalue weighted by atomic mass is 9.92. The highest BCUT2D eigenvalue weighted by atomic mass is 16.1. The summed E-state index contributed by atoms with van der Waals surface area (Å²) in [6, 6.07) is 0.0555. The predicted molar refractivity (Wildman–Crippen MR) is 62.5 cm³/mol. The zero-order valence-corrected chi connectivity index (χ0v) is 9.47. The van der Waals surface area contributed by atoms with Gasteiger partial charge < -0.3 is 10.6 Å². The monoisotopic (exact) mass is 202 g/mol. The van der Waals surface area contributed by atoms with Gasteiger partial charge in [0.1, 0.15) is 0 Å². The molecular weight excluding hydrogens is 176 g/mol. The molecule has 0 saturated carbocycles. The number of ketones is 1. The average molecular weight is 202 g/mol. The summed E-state index contributed by atoms with van der Waals surface area (Å²) in [7, 11) is 1.88. The molecular formula is C11H26N2O. The number of carbonyl (C=O) groups excluding carboxylic acids is 1. The van der Waals surface area contributed by atoms with Crippen molar-refractivity contribution in [1.82, 2.24) is 10.6 Å². The van der Waals surface area contributed by atoms with Crippen LogP contribution in [-0.4, -0.2) is 32.0 Å². The fourth-order valence-electron chi connectivity index (χ4n) is 2.03. The third-order valence-electron chi connectivity index (χ3n) is 2.99. The molecule has 1 saturated heterocycles. The Labute approximate surface area is 89.6 Å². The van der Waals surface area contributed by atoms with Crippen molar-refractivity contribution in [3.05, 3.63) is 0 Å². The zero-order chi connectivity index (χ0) is 10.6. The zero-order valence-electron chi connectivity index (χ0n) is 9.47. The predicted octanol–water partition coefficient (Wildman–Crippen LogP) is 1.29. The number of Topliss-reactive ketones (excluding diaryl/α,β-unsaturated/α-hetero) is 1. The molecule has 1 fully saturated rings. The molecule has 3 heteroatoms. The van der Waals surface area contributed by atoms with E-state index in [0.29, 0.717) is 11.7 Å². The maximum Gasteiger partial charge on any atom is 0.152 e. The Morgan fingerprint density at radius 1 is 1.64 bits per heavy atom. The molecule has 0 spiro atoms. The molecule has 1 aliphatic heterocycles. The standard InChI is InChI=1S/C11H22N2O.2H2/c1-8(2)11(14)10(12-3)6-9-4-5-13-7-9;;/h8-10,12-13H,4-7H2,1-3H3;2*1H. The number of nitrogens with one attached hydrogen (secondary N) is 2. The van der Waals surface area contributed by atoms with Crippen molar-refractivity contribution in [2.75, 3.05) is 20.1 Å². The van der Waals surface area contributed by atoms with Crippen molar-refractivity contribution in [3.8, 4) is 0 Å². The Balaban J connectivity index is 0. The van der Waals surface area contributed by atoms with E-state index in [-0.39, 0.29) is 14.8 Å². The Morgan fingerprint density at radius 2 is 2.36 bits per heavy atom. The number of carbonyl (C=O) groups is 1. The SMILES string of the molecule is CNC(CC1CCNC1)C(=O)C(C)C.[HH].[HH]. The lowest BCUT2D eigenvalue weighted by Crippen LogP contribution is -2.38. The van der Waals surface area contributed by atoms with Gasteiger partial charge >= 0.3 is 0 Å². The highest BCUT2D eigenvalue weighted by molar-refractivity contribution is 5.85. The second-order valence-corrected chi connectivity index (χ2v) is 4.49. The topological polar surface area (TPSA) is 41.1 Å². The van der Waals surface area contributed by atoms with Crippen LogP contribution in [0.1, 0.15) is 29.5 Å². The van der Waals surface area contributed by atoms with Gasteiger partial charge in [-0.25, -0.2) is 0 Å². The minimum atomic E-state index is 0. The molecule has 0 bridgehead atoms. The van der Waals surface area contributed by atoms with Gasteiger partial charge in [0.05, 0.1) is 6.04 Å². The fourth-order valence-corrected chi connectivity index (χ4v) is 2.03. The second-order valence-electron chi connectivity index (χ2n) is 4.49. The second kappa shape index (κ2) is 5.47. The Kier molecular flexibility index (Phi) is 4.55. The van der Waals surface area contributed by atoms with Crippen LogP contribution in [0.25, 0.3) is 0 Å². The largest absolute Gasteiger partial charge is 0.316 e. The summed E-state index contributed by atoms with van der Waals surface area (Å²) in [6.07, 6.45) is 2.20. The lowest BCUT2D eigenvalue weighted by Gasteiger charge is -2.20. The van der Waals surface area contributed by atoms with Crippen LogP contribution in [0.3, 0.4) is 0 Å². The molecule has 2 atom stereocenters. The van der Waals surface area contributed by atoms with E-state index in [1.54, 1.807) is 0 Å². The van der Waals surface area contributed by atoms with Gasteiger partial charge in [-0.1, -0.05) is 13.8 Å². The van der Waals surface area contributed by atoms with Gasteiger partial charge in [-0.15, -0.1) is 0 Å².